The third-order valence-electron chi connectivity index (χ3n) is 3.56. The molecule has 0 atom stereocenters. The Morgan fingerprint density at radius 3 is 2.54 bits per heavy atom. The fourth-order valence-electron chi connectivity index (χ4n) is 2.29. The number of nitrogens with one attached hydrogen (secondary N) is 1. The molecule has 1 aliphatic rings. The summed E-state index contributed by atoms with van der Waals surface area (Å²) >= 11 is 18.6. The highest BCUT2D eigenvalue weighted by Crippen LogP contribution is 2.33. The summed E-state index contributed by atoms with van der Waals surface area (Å²) in [6, 6.07) is 10.7. The van der Waals surface area contributed by atoms with E-state index in [9.17, 15) is 4.79 Å². The standard InChI is InChI=1S/C18H13Cl2NO3S2/c1-23-14-6-5-10(8-16-17(22)21-18(25)26-16)7-15(14)24-9-11-12(19)3-2-4-13(11)20/h2-8H,9H2,1H3,(H,21,22,25)/b16-8-. The van der Waals surface area contributed by atoms with Crippen LogP contribution in [0.2, 0.25) is 10.0 Å². The lowest BCUT2D eigenvalue weighted by molar-refractivity contribution is -0.115. The Bertz CT molecular complexity index is 895. The van der Waals surface area contributed by atoms with Crippen LogP contribution in [0, 0.1) is 0 Å². The quantitative estimate of drug-likeness (QED) is 0.535. The van der Waals surface area contributed by atoms with Crippen LogP contribution in [-0.4, -0.2) is 17.3 Å². The average Bonchev–Trinajstić information content (AvgIpc) is 2.92. The summed E-state index contributed by atoms with van der Waals surface area (Å²) < 4.78 is 11.7. The molecule has 0 aliphatic carbocycles. The van der Waals surface area contributed by atoms with E-state index >= 15 is 0 Å². The van der Waals surface area contributed by atoms with E-state index in [4.69, 9.17) is 44.9 Å². The maximum atomic E-state index is 11.8. The van der Waals surface area contributed by atoms with Crippen LogP contribution in [0.25, 0.3) is 6.08 Å². The van der Waals surface area contributed by atoms with Crippen LogP contribution < -0.4 is 14.8 Å². The van der Waals surface area contributed by atoms with Gasteiger partial charge in [-0.25, -0.2) is 0 Å². The molecule has 1 N–H and O–H groups in total. The summed E-state index contributed by atoms with van der Waals surface area (Å²) in [4.78, 5) is 12.3. The van der Waals surface area contributed by atoms with Gasteiger partial charge in [-0.3, -0.25) is 4.79 Å². The topological polar surface area (TPSA) is 47.6 Å². The Morgan fingerprint density at radius 1 is 1.19 bits per heavy atom. The fourth-order valence-corrected chi connectivity index (χ4v) is 3.84. The van der Waals surface area contributed by atoms with Gasteiger partial charge in [0.2, 0.25) is 0 Å². The number of amides is 1. The smallest absolute Gasteiger partial charge is 0.263 e. The lowest BCUT2D eigenvalue weighted by atomic mass is 10.2. The van der Waals surface area contributed by atoms with E-state index in [0.717, 1.165) is 5.56 Å². The molecule has 2 aromatic rings. The molecule has 2 aromatic carbocycles. The van der Waals surface area contributed by atoms with Gasteiger partial charge in [-0.1, -0.05) is 59.3 Å². The maximum Gasteiger partial charge on any atom is 0.263 e. The number of carbonyl (C=O) groups is 1. The molecular formula is C18H13Cl2NO3S2. The van der Waals surface area contributed by atoms with E-state index in [0.29, 0.717) is 36.3 Å². The predicted molar refractivity (Wildman–Crippen MR) is 110 cm³/mol. The Labute approximate surface area is 170 Å². The number of hydrogen-bond acceptors (Lipinski definition) is 5. The third-order valence-corrected chi connectivity index (χ3v) is 5.43. The normalized spacial score (nSPS) is 15.3. The van der Waals surface area contributed by atoms with Gasteiger partial charge in [0.15, 0.2) is 11.5 Å². The first-order chi connectivity index (χ1) is 12.5. The van der Waals surface area contributed by atoms with Gasteiger partial charge in [0.05, 0.1) is 12.0 Å². The second kappa shape index (κ2) is 8.31. The van der Waals surface area contributed by atoms with Crippen molar-refractivity contribution in [1.82, 2.24) is 5.32 Å². The van der Waals surface area contributed by atoms with Gasteiger partial charge in [-0.2, -0.15) is 0 Å². The van der Waals surface area contributed by atoms with Crippen molar-refractivity contribution in [2.75, 3.05) is 7.11 Å². The molecule has 0 bridgehead atoms. The molecule has 1 saturated heterocycles. The zero-order chi connectivity index (χ0) is 18.7. The number of halogens is 2. The van der Waals surface area contributed by atoms with Gasteiger partial charge >= 0.3 is 0 Å². The molecule has 1 aliphatic heterocycles. The molecule has 134 valence electrons. The molecular weight excluding hydrogens is 413 g/mol. The van der Waals surface area contributed by atoms with Crippen LogP contribution in [0.4, 0.5) is 0 Å². The Balaban J connectivity index is 1.85. The molecule has 1 amide bonds. The zero-order valence-electron chi connectivity index (χ0n) is 13.5. The van der Waals surface area contributed by atoms with Crippen molar-refractivity contribution in [3.8, 4) is 11.5 Å². The number of benzene rings is 2. The van der Waals surface area contributed by atoms with Crippen LogP contribution >= 0.6 is 47.2 Å². The number of thiocarbonyl (C=S) groups is 1. The number of rotatable bonds is 5. The molecule has 3 rings (SSSR count). The van der Waals surface area contributed by atoms with Crippen molar-refractivity contribution in [3.05, 3.63) is 62.5 Å². The van der Waals surface area contributed by atoms with Crippen LogP contribution in [-0.2, 0) is 11.4 Å². The molecule has 0 saturated carbocycles. The molecule has 8 heteroatoms. The van der Waals surface area contributed by atoms with E-state index in [-0.39, 0.29) is 12.5 Å². The third kappa shape index (κ3) is 4.32. The summed E-state index contributed by atoms with van der Waals surface area (Å²) in [6.45, 7) is 0.189. The van der Waals surface area contributed by atoms with Gasteiger partial charge in [-0.15, -0.1) is 0 Å². The van der Waals surface area contributed by atoms with Gasteiger partial charge in [-0.05, 0) is 35.9 Å². The van der Waals surface area contributed by atoms with Crippen molar-refractivity contribution >= 4 is 63.5 Å². The van der Waals surface area contributed by atoms with Crippen LogP contribution in [0.3, 0.4) is 0 Å². The van der Waals surface area contributed by atoms with Gasteiger partial charge in [0, 0.05) is 15.6 Å². The van der Waals surface area contributed by atoms with Gasteiger partial charge in [0.25, 0.3) is 5.91 Å². The predicted octanol–water partition coefficient (Wildman–Crippen LogP) is 5.07. The lowest BCUT2D eigenvalue weighted by Gasteiger charge is -2.13. The number of hydrogen-bond donors (Lipinski definition) is 1. The lowest BCUT2D eigenvalue weighted by Crippen LogP contribution is -2.17. The maximum absolute atomic E-state index is 11.8. The Hall–Kier alpha value is -1.73. The minimum absolute atomic E-state index is 0.189. The molecule has 0 radical (unpaired) electrons. The highest BCUT2D eigenvalue weighted by atomic mass is 35.5. The van der Waals surface area contributed by atoms with Crippen LogP contribution in [0.5, 0.6) is 11.5 Å². The first-order valence-corrected chi connectivity index (χ1v) is 9.44. The van der Waals surface area contributed by atoms with E-state index in [1.165, 1.54) is 11.8 Å². The highest BCUT2D eigenvalue weighted by molar-refractivity contribution is 8.26. The molecule has 26 heavy (non-hydrogen) atoms. The summed E-state index contributed by atoms with van der Waals surface area (Å²) in [7, 11) is 1.56. The average molecular weight is 426 g/mol. The van der Waals surface area contributed by atoms with Crippen LogP contribution in [0.1, 0.15) is 11.1 Å². The Morgan fingerprint density at radius 2 is 1.92 bits per heavy atom. The van der Waals surface area contributed by atoms with Crippen molar-refractivity contribution < 1.29 is 14.3 Å². The van der Waals surface area contributed by atoms with E-state index in [2.05, 4.69) is 5.32 Å². The first-order valence-electron chi connectivity index (χ1n) is 7.46. The summed E-state index contributed by atoms with van der Waals surface area (Å²) in [5.41, 5.74) is 1.48. The second-order valence-corrected chi connectivity index (χ2v) is 7.78. The monoisotopic (exact) mass is 425 g/mol. The van der Waals surface area contributed by atoms with E-state index in [1.807, 2.05) is 6.07 Å². The van der Waals surface area contributed by atoms with Crippen molar-refractivity contribution in [1.29, 1.82) is 0 Å². The molecule has 1 heterocycles. The molecule has 4 nitrogen and oxygen atoms in total. The first kappa shape index (κ1) is 19.0. The SMILES string of the molecule is COc1ccc(/C=C2\SC(=S)NC2=O)cc1OCc1c(Cl)cccc1Cl. The minimum atomic E-state index is -0.207. The van der Waals surface area contributed by atoms with Gasteiger partial charge < -0.3 is 14.8 Å². The number of ether oxygens (including phenoxy) is 2. The molecule has 0 aromatic heterocycles. The summed E-state index contributed by atoms with van der Waals surface area (Å²) in [5.74, 6) is 0.874. The number of thioether (sulfide) groups is 1. The van der Waals surface area contributed by atoms with Crippen LogP contribution in [0.15, 0.2) is 41.3 Å². The summed E-state index contributed by atoms with van der Waals surface area (Å²) in [6.07, 6.45) is 1.74. The van der Waals surface area contributed by atoms with E-state index in [1.54, 1.807) is 43.5 Å². The zero-order valence-corrected chi connectivity index (χ0v) is 16.7. The Kier molecular flexibility index (Phi) is 6.09. The molecule has 0 spiro atoms. The summed E-state index contributed by atoms with van der Waals surface area (Å²) in [5, 5.41) is 3.65. The van der Waals surface area contributed by atoms with E-state index < -0.39 is 0 Å². The molecule has 0 unspecified atom stereocenters. The molecule has 1 fully saturated rings. The fraction of sp³-hybridized carbons (Fsp3) is 0.111. The van der Waals surface area contributed by atoms with Gasteiger partial charge in [0.1, 0.15) is 10.9 Å². The second-order valence-electron chi connectivity index (χ2n) is 5.25. The number of carbonyl (C=O) groups excluding carboxylic acids is 1. The largest absolute Gasteiger partial charge is 0.493 e. The van der Waals surface area contributed by atoms with Crippen molar-refractivity contribution in [2.24, 2.45) is 0 Å². The number of methoxy groups -OCH3 is 1. The van der Waals surface area contributed by atoms with Crippen molar-refractivity contribution in [3.63, 3.8) is 0 Å². The highest BCUT2D eigenvalue weighted by Gasteiger charge is 2.22. The minimum Gasteiger partial charge on any atom is -0.493 e. The van der Waals surface area contributed by atoms with Crippen molar-refractivity contribution in [2.45, 2.75) is 6.61 Å².